The lowest BCUT2D eigenvalue weighted by Crippen LogP contribution is -2.04. The van der Waals surface area contributed by atoms with Crippen LogP contribution in [0.4, 0.5) is 0 Å². The zero-order valence-corrected chi connectivity index (χ0v) is 14.9. The Labute approximate surface area is 152 Å². The molecule has 4 heteroatoms. The van der Waals surface area contributed by atoms with E-state index in [9.17, 15) is 9.90 Å². The highest BCUT2D eigenvalue weighted by molar-refractivity contribution is 6.16. The molecule has 130 valence electrons. The van der Waals surface area contributed by atoms with Gasteiger partial charge < -0.3 is 5.11 Å². The average Bonchev–Trinajstić information content (AvgIpc) is 3.09. The number of benzene rings is 2. The quantitative estimate of drug-likeness (QED) is 0.729. The van der Waals surface area contributed by atoms with Crippen molar-refractivity contribution in [2.75, 3.05) is 0 Å². The lowest BCUT2D eigenvalue weighted by Gasteiger charge is -2.05. The highest BCUT2D eigenvalue weighted by Gasteiger charge is 2.27. The molecule has 1 N–H and O–H groups in total. The van der Waals surface area contributed by atoms with Gasteiger partial charge in [0.2, 0.25) is 0 Å². The van der Waals surface area contributed by atoms with E-state index in [-0.39, 0.29) is 11.5 Å². The van der Waals surface area contributed by atoms with Crippen LogP contribution in [0.2, 0.25) is 0 Å². The highest BCUT2D eigenvalue weighted by Crippen LogP contribution is 2.34. The summed E-state index contributed by atoms with van der Waals surface area (Å²) in [5.74, 6) is 0.179. The molecule has 0 aliphatic heterocycles. The standard InChI is InChI=1S/C22H20N2O2/c1-14-19(15(2)24(23-14)13-16-7-4-3-5-8-16)11-17-12-20-18(22(17)26)9-6-10-21(20)25/h3-11,25H,12-13H2,1-2H3/b17-11+. The van der Waals surface area contributed by atoms with Gasteiger partial charge in [-0.2, -0.15) is 5.10 Å². The van der Waals surface area contributed by atoms with E-state index in [1.165, 1.54) is 5.56 Å². The van der Waals surface area contributed by atoms with Crippen LogP contribution < -0.4 is 0 Å². The van der Waals surface area contributed by atoms with Crippen LogP contribution in [0.1, 0.15) is 38.4 Å². The van der Waals surface area contributed by atoms with Gasteiger partial charge in [-0.15, -0.1) is 0 Å². The molecule has 0 unspecified atom stereocenters. The molecule has 0 spiro atoms. The minimum Gasteiger partial charge on any atom is -0.508 e. The van der Waals surface area contributed by atoms with E-state index in [0.29, 0.717) is 24.1 Å². The number of phenols is 1. The molecule has 3 aromatic rings. The number of aryl methyl sites for hydroxylation is 1. The first-order chi connectivity index (χ1) is 12.5. The first-order valence-corrected chi connectivity index (χ1v) is 8.68. The van der Waals surface area contributed by atoms with Gasteiger partial charge in [-0.05, 0) is 31.6 Å². The summed E-state index contributed by atoms with van der Waals surface area (Å²) in [4.78, 5) is 12.7. The van der Waals surface area contributed by atoms with E-state index in [0.717, 1.165) is 22.5 Å². The van der Waals surface area contributed by atoms with Crippen LogP contribution in [0, 0.1) is 13.8 Å². The van der Waals surface area contributed by atoms with Gasteiger partial charge >= 0.3 is 0 Å². The molecule has 0 fully saturated rings. The van der Waals surface area contributed by atoms with Crippen LogP contribution in [0.25, 0.3) is 6.08 Å². The number of hydrogen-bond donors (Lipinski definition) is 1. The van der Waals surface area contributed by atoms with Crippen molar-refractivity contribution in [3.05, 3.63) is 87.7 Å². The topological polar surface area (TPSA) is 55.1 Å². The van der Waals surface area contributed by atoms with Crippen molar-refractivity contribution in [2.45, 2.75) is 26.8 Å². The second-order valence-electron chi connectivity index (χ2n) is 6.71. The van der Waals surface area contributed by atoms with Gasteiger partial charge in [0.25, 0.3) is 0 Å². The maximum absolute atomic E-state index is 12.7. The Bertz CT molecular complexity index is 1030. The molecule has 4 rings (SSSR count). The van der Waals surface area contributed by atoms with E-state index in [1.54, 1.807) is 18.2 Å². The number of ketones is 1. The SMILES string of the molecule is Cc1nn(Cc2ccccc2)c(C)c1/C=C1\Cc2c(O)cccc2C1=O. The van der Waals surface area contributed by atoms with Crippen molar-refractivity contribution in [1.29, 1.82) is 0 Å². The first-order valence-electron chi connectivity index (χ1n) is 8.68. The molecule has 1 aliphatic rings. The van der Waals surface area contributed by atoms with Crippen LogP contribution in [-0.2, 0) is 13.0 Å². The monoisotopic (exact) mass is 344 g/mol. The summed E-state index contributed by atoms with van der Waals surface area (Å²) in [5, 5.41) is 14.7. The fourth-order valence-corrected chi connectivity index (χ4v) is 3.54. The molecule has 0 radical (unpaired) electrons. The van der Waals surface area contributed by atoms with Crippen LogP contribution in [0.5, 0.6) is 5.75 Å². The highest BCUT2D eigenvalue weighted by atomic mass is 16.3. The average molecular weight is 344 g/mol. The minimum absolute atomic E-state index is 0.00879. The predicted octanol–water partition coefficient (Wildman–Crippen LogP) is 4.08. The van der Waals surface area contributed by atoms with Gasteiger partial charge in [0.05, 0.1) is 12.2 Å². The third-order valence-corrected chi connectivity index (χ3v) is 4.99. The number of Topliss-reactive ketones (excluding diaryl/α,β-unsaturated/α-hetero) is 1. The summed E-state index contributed by atoms with van der Waals surface area (Å²) in [7, 11) is 0. The number of nitrogens with zero attached hydrogens (tertiary/aromatic N) is 2. The van der Waals surface area contributed by atoms with Gasteiger partial charge in [0.15, 0.2) is 5.78 Å². The summed E-state index contributed by atoms with van der Waals surface area (Å²) in [6, 6.07) is 15.3. The van der Waals surface area contributed by atoms with Crippen LogP contribution in [0.3, 0.4) is 0 Å². The van der Waals surface area contributed by atoms with Gasteiger partial charge in [-0.3, -0.25) is 9.48 Å². The molecule has 0 atom stereocenters. The Morgan fingerprint density at radius 1 is 1.12 bits per heavy atom. The minimum atomic E-state index is -0.00879. The second kappa shape index (κ2) is 6.30. The lowest BCUT2D eigenvalue weighted by molar-refractivity contribution is 0.104. The zero-order valence-electron chi connectivity index (χ0n) is 14.9. The Morgan fingerprint density at radius 2 is 1.88 bits per heavy atom. The number of hydrogen-bond acceptors (Lipinski definition) is 3. The van der Waals surface area contributed by atoms with Crippen molar-refractivity contribution >= 4 is 11.9 Å². The molecule has 0 bridgehead atoms. The van der Waals surface area contributed by atoms with E-state index >= 15 is 0 Å². The number of fused-ring (bicyclic) bond motifs is 1. The predicted molar refractivity (Wildman–Crippen MR) is 101 cm³/mol. The number of aromatic nitrogens is 2. The molecule has 26 heavy (non-hydrogen) atoms. The first kappa shape index (κ1) is 16.3. The van der Waals surface area contributed by atoms with E-state index < -0.39 is 0 Å². The maximum atomic E-state index is 12.7. The smallest absolute Gasteiger partial charge is 0.189 e. The number of carbonyl (C=O) groups excluding carboxylic acids is 1. The third kappa shape index (κ3) is 2.73. The van der Waals surface area contributed by atoms with Crippen LogP contribution in [-0.4, -0.2) is 20.7 Å². The molecule has 1 aromatic heterocycles. The Morgan fingerprint density at radius 3 is 2.62 bits per heavy atom. The molecule has 4 nitrogen and oxygen atoms in total. The van der Waals surface area contributed by atoms with E-state index in [1.807, 2.05) is 42.8 Å². The molecule has 1 heterocycles. The molecule has 1 aliphatic carbocycles. The largest absolute Gasteiger partial charge is 0.508 e. The van der Waals surface area contributed by atoms with Crippen molar-refractivity contribution in [2.24, 2.45) is 0 Å². The van der Waals surface area contributed by atoms with E-state index in [4.69, 9.17) is 0 Å². The van der Waals surface area contributed by atoms with E-state index in [2.05, 4.69) is 17.2 Å². The van der Waals surface area contributed by atoms with Crippen molar-refractivity contribution in [3.8, 4) is 5.75 Å². The fourth-order valence-electron chi connectivity index (χ4n) is 3.54. The summed E-state index contributed by atoms with van der Waals surface area (Å²) >= 11 is 0. The van der Waals surface area contributed by atoms with Crippen molar-refractivity contribution in [1.82, 2.24) is 9.78 Å². The fraction of sp³-hybridized carbons (Fsp3) is 0.182. The molecule has 0 saturated heterocycles. The summed E-state index contributed by atoms with van der Waals surface area (Å²) in [5.41, 5.74) is 6.12. The lowest BCUT2D eigenvalue weighted by atomic mass is 10.1. The number of phenolic OH excluding ortho intramolecular Hbond substituents is 1. The summed E-state index contributed by atoms with van der Waals surface area (Å²) in [6.07, 6.45) is 2.39. The van der Waals surface area contributed by atoms with Gasteiger partial charge in [0.1, 0.15) is 5.75 Å². The molecule has 2 aromatic carbocycles. The van der Waals surface area contributed by atoms with Gasteiger partial charge in [0, 0.05) is 34.4 Å². The summed E-state index contributed by atoms with van der Waals surface area (Å²) in [6.45, 7) is 4.69. The Hall–Kier alpha value is -3.14. The molecule has 0 saturated carbocycles. The molecular weight excluding hydrogens is 324 g/mol. The van der Waals surface area contributed by atoms with Crippen LogP contribution in [0.15, 0.2) is 54.1 Å². The number of aromatic hydroxyl groups is 1. The third-order valence-electron chi connectivity index (χ3n) is 4.99. The summed E-state index contributed by atoms with van der Waals surface area (Å²) < 4.78 is 1.97. The number of rotatable bonds is 3. The number of carbonyl (C=O) groups is 1. The Kier molecular flexibility index (Phi) is 3.96. The molecular formula is C22H20N2O2. The van der Waals surface area contributed by atoms with Crippen LogP contribution >= 0.6 is 0 Å². The molecule has 0 amide bonds. The van der Waals surface area contributed by atoms with Crippen molar-refractivity contribution in [3.63, 3.8) is 0 Å². The zero-order chi connectivity index (χ0) is 18.3. The maximum Gasteiger partial charge on any atom is 0.189 e. The second-order valence-corrected chi connectivity index (χ2v) is 6.71. The van der Waals surface area contributed by atoms with Crippen molar-refractivity contribution < 1.29 is 9.90 Å². The number of allylic oxidation sites excluding steroid dienone is 1. The normalized spacial score (nSPS) is 14.8. The van der Waals surface area contributed by atoms with Gasteiger partial charge in [-0.25, -0.2) is 0 Å². The Balaban J connectivity index is 1.69. The van der Waals surface area contributed by atoms with Gasteiger partial charge in [-0.1, -0.05) is 42.5 Å².